The highest BCUT2D eigenvalue weighted by Gasteiger charge is 2.15. The van der Waals surface area contributed by atoms with Crippen molar-refractivity contribution >= 4 is 41.0 Å². The zero-order valence-corrected chi connectivity index (χ0v) is 13.6. The van der Waals surface area contributed by atoms with Gasteiger partial charge in [0.15, 0.2) is 0 Å². The lowest BCUT2D eigenvalue weighted by Crippen LogP contribution is -2.26. The SMILES string of the molecule is C[C@H](O/N=C\c1cccc(Cl)c1Cl)C(=O)Nc1ccccc1F. The quantitative estimate of drug-likeness (QED) is 0.634. The summed E-state index contributed by atoms with van der Waals surface area (Å²) in [5, 5.41) is 6.85. The van der Waals surface area contributed by atoms with Crippen molar-refractivity contribution in [1.29, 1.82) is 0 Å². The van der Waals surface area contributed by atoms with Crippen LogP contribution in [-0.2, 0) is 9.63 Å². The van der Waals surface area contributed by atoms with Gasteiger partial charge in [-0.1, -0.05) is 52.6 Å². The number of carbonyl (C=O) groups is 1. The fraction of sp³-hybridized carbons (Fsp3) is 0.125. The number of para-hydroxylation sites is 1. The van der Waals surface area contributed by atoms with E-state index in [0.717, 1.165) is 0 Å². The van der Waals surface area contributed by atoms with E-state index in [4.69, 9.17) is 28.0 Å². The first-order valence-electron chi connectivity index (χ1n) is 6.67. The van der Waals surface area contributed by atoms with Gasteiger partial charge in [-0.15, -0.1) is 0 Å². The smallest absolute Gasteiger partial charge is 0.268 e. The fourth-order valence-corrected chi connectivity index (χ4v) is 2.00. The third-order valence-electron chi connectivity index (χ3n) is 2.89. The summed E-state index contributed by atoms with van der Waals surface area (Å²) in [5.74, 6) is -1.05. The maximum absolute atomic E-state index is 13.5. The second kappa shape index (κ2) is 7.94. The summed E-state index contributed by atoms with van der Waals surface area (Å²) in [6, 6.07) is 10.9. The molecule has 1 amide bonds. The minimum absolute atomic E-state index is 0.0785. The van der Waals surface area contributed by atoms with Crippen LogP contribution in [0.3, 0.4) is 0 Å². The van der Waals surface area contributed by atoms with Gasteiger partial charge in [-0.05, 0) is 25.1 Å². The van der Waals surface area contributed by atoms with Crippen LogP contribution in [0.25, 0.3) is 0 Å². The molecule has 1 N–H and O–H groups in total. The number of benzene rings is 2. The molecule has 0 radical (unpaired) electrons. The molecule has 2 aromatic carbocycles. The monoisotopic (exact) mass is 354 g/mol. The lowest BCUT2D eigenvalue weighted by atomic mass is 10.2. The van der Waals surface area contributed by atoms with Gasteiger partial charge in [-0.3, -0.25) is 4.79 Å². The zero-order valence-electron chi connectivity index (χ0n) is 12.1. The Labute approximate surface area is 142 Å². The molecule has 1 atom stereocenters. The standard InChI is InChI=1S/C16H13Cl2FN2O2/c1-10(16(22)21-14-8-3-2-7-13(14)19)23-20-9-11-5-4-6-12(17)15(11)18/h2-10H,1H3,(H,21,22)/b20-9-/t10-/m0/s1. The largest absolute Gasteiger partial charge is 0.383 e. The summed E-state index contributed by atoms with van der Waals surface area (Å²) in [6.07, 6.45) is 0.435. The topological polar surface area (TPSA) is 50.7 Å². The molecule has 2 aromatic rings. The summed E-state index contributed by atoms with van der Waals surface area (Å²) in [6.45, 7) is 1.49. The van der Waals surface area contributed by atoms with Crippen molar-refractivity contribution in [3.8, 4) is 0 Å². The van der Waals surface area contributed by atoms with E-state index in [2.05, 4.69) is 10.5 Å². The van der Waals surface area contributed by atoms with E-state index in [1.165, 1.54) is 31.3 Å². The van der Waals surface area contributed by atoms with Crippen LogP contribution in [0, 0.1) is 5.82 Å². The van der Waals surface area contributed by atoms with Crippen molar-refractivity contribution in [3.05, 3.63) is 63.9 Å². The maximum atomic E-state index is 13.5. The molecule has 0 aliphatic carbocycles. The minimum Gasteiger partial charge on any atom is -0.383 e. The van der Waals surface area contributed by atoms with Gasteiger partial charge in [-0.2, -0.15) is 0 Å². The van der Waals surface area contributed by atoms with Gasteiger partial charge in [0.1, 0.15) is 5.82 Å². The van der Waals surface area contributed by atoms with Crippen LogP contribution < -0.4 is 5.32 Å². The van der Waals surface area contributed by atoms with Gasteiger partial charge in [0.05, 0.1) is 21.9 Å². The predicted molar refractivity (Wildman–Crippen MR) is 89.6 cm³/mol. The summed E-state index contributed by atoms with van der Waals surface area (Å²) in [5.41, 5.74) is 0.635. The lowest BCUT2D eigenvalue weighted by molar-refractivity contribution is -0.126. The number of nitrogens with zero attached hydrogens (tertiary/aromatic N) is 1. The Hall–Kier alpha value is -2.11. The Bertz CT molecular complexity index is 738. The first kappa shape index (κ1) is 17.2. The Balaban J connectivity index is 1.95. The molecule has 4 nitrogen and oxygen atoms in total. The number of amides is 1. The summed E-state index contributed by atoms with van der Waals surface area (Å²) in [4.78, 5) is 17.0. The Kier molecular flexibility index (Phi) is 5.96. The van der Waals surface area contributed by atoms with Crippen molar-refractivity contribution in [2.75, 3.05) is 5.32 Å². The molecule has 0 aliphatic heterocycles. The molecule has 0 fully saturated rings. The van der Waals surface area contributed by atoms with Crippen molar-refractivity contribution in [2.24, 2.45) is 5.16 Å². The number of hydrogen-bond acceptors (Lipinski definition) is 3. The molecule has 120 valence electrons. The van der Waals surface area contributed by atoms with Crippen LogP contribution in [0.15, 0.2) is 47.6 Å². The van der Waals surface area contributed by atoms with E-state index >= 15 is 0 Å². The summed E-state index contributed by atoms with van der Waals surface area (Å²) >= 11 is 11.9. The number of hydrogen-bond donors (Lipinski definition) is 1. The number of rotatable bonds is 5. The molecule has 0 aromatic heterocycles. The van der Waals surface area contributed by atoms with Crippen LogP contribution in [-0.4, -0.2) is 18.2 Å². The van der Waals surface area contributed by atoms with Crippen molar-refractivity contribution in [2.45, 2.75) is 13.0 Å². The Morgan fingerprint density at radius 3 is 2.74 bits per heavy atom. The molecule has 0 aliphatic rings. The average Bonchev–Trinajstić information content (AvgIpc) is 2.53. The molecule has 0 bridgehead atoms. The van der Waals surface area contributed by atoms with Gasteiger partial charge in [0, 0.05) is 5.56 Å². The maximum Gasteiger partial charge on any atom is 0.268 e. The summed E-state index contributed by atoms with van der Waals surface area (Å²) in [7, 11) is 0. The summed E-state index contributed by atoms with van der Waals surface area (Å²) < 4.78 is 13.5. The second-order valence-electron chi connectivity index (χ2n) is 4.59. The van der Waals surface area contributed by atoms with Gasteiger partial charge >= 0.3 is 0 Å². The van der Waals surface area contributed by atoms with Gasteiger partial charge in [0.25, 0.3) is 5.91 Å². The van der Waals surface area contributed by atoms with E-state index in [1.54, 1.807) is 24.3 Å². The molecule has 7 heteroatoms. The highest BCUT2D eigenvalue weighted by Crippen LogP contribution is 2.24. The average molecular weight is 355 g/mol. The molecule has 0 saturated carbocycles. The molecule has 0 saturated heterocycles. The van der Waals surface area contributed by atoms with E-state index in [0.29, 0.717) is 15.6 Å². The Morgan fingerprint density at radius 1 is 1.26 bits per heavy atom. The number of carbonyl (C=O) groups excluding carboxylic acids is 1. The first-order valence-corrected chi connectivity index (χ1v) is 7.43. The number of halogens is 3. The minimum atomic E-state index is -0.913. The fourth-order valence-electron chi connectivity index (χ4n) is 1.64. The predicted octanol–water partition coefficient (Wildman–Crippen LogP) is 4.51. The third kappa shape index (κ3) is 4.68. The van der Waals surface area contributed by atoms with E-state index in [-0.39, 0.29) is 5.69 Å². The first-order chi connectivity index (χ1) is 11.0. The van der Waals surface area contributed by atoms with E-state index < -0.39 is 17.8 Å². The van der Waals surface area contributed by atoms with Gasteiger partial charge < -0.3 is 10.2 Å². The van der Waals surface area contributed by atoms with Crippen molar-refractivity contribution in [3.63, 3.8) is 0 Å². The highest BCUT2D eigenvalue weighted by atomic mass is 35.5. The molecule has 2 rings (SSSR count). The second-order valence-corrected chi connectivity index (χ2v) is 5.38. The molecule has 0 unspecified atom stereocenters. The molecule has 0 spiro atoms. The van der Waals surface area contributed by atoms with Crippen LogP contribution in [0.2, 0.25) is 10.0 Å². The third-order valence-corrected chi connectivity index (χ3v) is 3.73. The molecular weight excluding hydrogens is 342 g/mol. The zero-order chi connectivity index (χ0) is 16.8. The van der Waals surface area contributed by atoms with E-state index in [9.17, 15) is 9.18 Å². The number of anilines is 1. The van der Waals surface area contributed by atoms with Crippen LogP contribution in [0.1, 0.15) is 12.5 Å². The van der Waals surface area contributed by atoms with Crippen LogP contribution >= 0.6 is 23.2 Å². The lowest BCUT2D eigenvalue weighted by Gasteiger charge is -2.11. The van der Waals surface area contributed by atoms with Crippen LogP contribution in [0.4, 0.5) is 10.1 Å². The number of oxime groups is 1. The Morgan fingerprint density at radius 2 is 2.00 bits per heavy atom. The molecule has 23 heavy (non-hydrogen) atoms. The van der Waals surface area contributed by atoms with Crippen molar-refractivity contribution < 1.29 is 14.0 Å². The van der Waals surface area contributed by atoms with Gasteiger partial charge in [-0.25, -0.2) is 4.39 Å². The van der Waals surface area contributed by atoms with Gasteiger partial charge in [0.2, 0.25) is 6.10 Å². The molecule has 0 heterocycles. The van der Waals surface area contributed by atoms with E-state index in [1.807, 2.05) is 0 Å². The van der Waals surface area contributed by atoms with Crippen LogP contribution in [0.5, 0.6) is 0 Å². The number of nitrogens with one attached hydrogen (secondary N) is 1. The molecular formula is C16H13Cl2FN2O2. The normalized spacial score (nSPS) is 12.2. The van der Waals surface area contributed by atoms with Crippen molar-refractivity contribution in [1.82, 2.24) is 0 Å². The highest BCUT2D eigenvalue weighted by molar-refractivity contribution is 6.43.